The Morgan fingerprint density at radius 1 is 1.19 bits per heavy atom. The summed E-state index contributed by atoms with van der Waals surface area (Å²) >= 11 is 0. The molecule has 3 atom stereocenters. The van der Waals surface area contributed by atoms with Crippen LogP contribution in [0.1, 0.15) is 40.0 Å². The molecule has 3 unspecified atom stereocenters. The molecule has 0 radical (unpaired) electrons. The third-order valence-corrected chi connectivity index (χ3v) is 5.25. The van der Waals surface area contributed by atoms with Crippen molar-refractivity contribution in [2.24, 2.45) is 5.92 Å². The van der Waals surface area contributed by atoms with Gasteiger partial charge < -0.3 is 15.0 Å². The minimum Gasteiger partial charge on any atom is -0.379 e. The second kappa shape index (κ2) is 9.09. The van der Waals surface area contributed by atoms with Crippen LogP contribution in [0.4, 0.5) is 0 Å². The van der Waals surface area contributed by atoms with E-state index in [1.807, 2.05) is 0 Å². The molecule has 2 fully saturated rings. The van der Waals surface area contributed by atoms with Gasteiger partial charge >= 0.3 is 0 Å². The van der Waals surface area contributed by atoms with Crippen LogP contribution in [0.3, 0.4) is 0 Å². The van der Waals surface area contributed by atoms with Gasteiger partial charge in [0.15, 0.2) is 0 Å². The zero-order chi connectivity index (χ0) is 15.1. The molecule has 0 bridgehead atoms. The number of likely N-dealkylation sites (tertiary alicyclic amines) is 1. The van der Waals surface area contributed by atoms with Crippen LogP contribution in [0.2, 0.25) is 0 Å². The zero-order valence-corrected chi connectivity index (χ0v) is 14.3. The van der Waals surface area contributed by atoms with Gasteiger partial charge in [-0.2, -0.15) is 0 Å². The Kier molecular flexibility index (Phi) is 7.44. The summed E-state index contributed by atoms with van der Waals surface area (Å²) in [6, 6.07) is 1.41. The first-order valence-electron chi connectivity index (χ1n) is 9.02. The van der Waals surface area contributed by atoms with Crippen LogP contribution < -0.4 is 5.32 Å². The first-order chi connectivity index (χ1) is 10.2. The standard InChI is InChI=1S/C17H35N3O/c1-4-7-18-17(15(3)5-2)14-19-8-6-16(13-19)20-9-11-21-12-10-20/h15-18H,4-14H2,1-3H3. The van der Waals surface area contributed by atoms with Crippen molar-refractivity contribution in [1.29, 1.82) is 0 Å². The van der Waals surface area contributed by atoms with Crippen molar-refractivity contribution in [3.63, 3.8) is 0 Å². The Balaban J connectivity index is 1.78. The fourth-order valence-corrected chi connectivity index (χ4v) is 3.56. The van der Waals surface area contributed by atoms with Crippen LogP contribution in [0.15, 0.2) is 0 Å². The minimum absolute atomic E-state index is 0.651. The highest BCUT2D eigenvalue weighted by molar-refractivity contribution is 4.87. The summed E-state index contributed by atoms with van der Waals surface area (Å²) in [6.45, 7) is 15.9. The molecule has 0 aromatic carbocycles. The van der Waals surface area contributed by atoms with Gasteiger partial charge in [0.25, 0.3) is 0 Å². The highest BCUT2D eigenvalue weighted by Crippen LogP contribution is 2.19. The lowest BCUT2D eigenvalue weighted by molar-refractivity contribution is 0.0182. The van der Waals surface area contributed by atoms with E-state index in [1.54, 1.807) is 0 Å². The first-order valence-corrected chi connectivity index (χ1v) is 9.02. The van der Waals surface area contributed by atoms with E-state index in [0.717, 1.165) is 44.8 Å². The van der Waals surface area contributed by atoms with Gasteiger partial charge in [-0.1, -0.05) is 27.2 Å². The summed E-state index contributed by atoms with van der Waals surface area (Å²) < 4.78 is 5.48. The van der Waals surface area contributed by atoms with E-state index in [1.165, 1.54) is 38.9 Å². The van der Waals surface area contributed by atoms with Gasteiger partial charge in [0.1, 0.15) is 0 Å². The molecular weight excluding hydrogens is 262 g/mol. The maximum Gasteiger partial charge on any atom is 0.0594 e. The van der Waals surface area contributed by atoms with Crippen LogP contribution >= 0.6 is 0 Å². The van der Waals surface area contributed by atoms with Crippen molar-refractivity contribution in [3.05, 3.63) is 0 Å². The highest BCUT2D eigenvalue weighted by Gasteiger charge is 2.30. The van der Waals surface area contributed by atoms with Crippen LogP contribution in [-0.4, -0.2) is 74.4 Å². The Bertz CT molecular complexity index is 281. The largest absolute Gasteiger partial charge is 0.379 e. The average Bonchev–Trinajstić information content (AvgIpc) is 3.00. The number of morpholine rings is 1. The molecule has 0 aromatic rings. The molecule has 2 aliphatic heterocycles. The van der Waals surface area contributed by atoms with Crippen molar-refractivity contribution in [2.75, 3.05) is 52.5 Å². The van der Waals surface area contributed by atoms with Gasteiger partial charge in [-0.05, 0) is 31.8 Å². The molecule has 4 heteroatoms. The summed E-state index contributed by atoms with van der Waals surface area (Å²) in [4.78, 5) is 5.32. The van der Waals surface area contributed by atoms with Crippen molar-refractivity contribution >= 4 is 0 Å². The van der Waals surface area contributed by atoms with Crippen LogP contribution in [0.25, 0.3) is 0 Å². The fourth-order valence-electron chi connectivity index (χ4n) is 3.56. The molecule has 0 saturated carbocycles. The van der Waals surface area contributed by atoms with Gasteiger partial charge in [0, 0.05) is 38.3 Å². The normalized spacial score (nSPS) is 27.9. The molecule has 0 aliphatic carbocycles. The van der Waals surface area contributed by atoms with E-state index in [0.29, 0.717) is 6.04 Å². The molecule has 124 valence electrons. The topological polar surface area (TPSA) is 27.7 Å². The predicted molar refractivity (Wildman–Crippen MR) is 88.8 cm³/mol. The van der Waals surface area contributed by atoms with Gasteiger partial charge in [-0.3, -0.25) is 4.90 Å². The van der Waals surface area contributed by atoms with Gasteiger partial charge in [-0.15, -0.1) is 0 Å². The number of hydrogen-bond acceptors (Lipinski definition) is 4. The zero-order valence-electron chi connectivity index (χ0n) is 14.3. The smallest absolute Gasteiger partial charge is 0.0594 e. The maximum atomic E-state index is 5.48. The lowest BCUT2D eigenvalue weighted by atomic mass is 9.98. The average molecular weight is 297 g/mol. The summed E-state index contributed by atoms with van der Waals surface area (Å²) in [7, 11) is 0. The quantitative estimate of drug-likeness (QED) is 0.739. The Labute approximate surface area is 131 Å². The highest BCUT2D eigenvalue weighted by atomic mass is 16.5. The summed E-state index contributed by atoms with van der Waals surface area (Å²) in [5, 5.41) is 3.77. The second-order valence-corrected chi connectivity index (χ2v) is 6.80. The van der Waals surface area contributed by atoms with Crippen molar-refractivity contribution in [1.82, 2.24) is 15.1 Å². The SMILES string of the molecule is CCCNC(CN1CCC(N2CCOCC2)C1)C(C)CC. The van der Waals surface area contributed by atoms with E-state index in [-0.39, 0.29) is 0 Å². The van der Waals surface area contributed by atoms with Crippen molar-refractivity contribution < 1.29 is 4.74 Å². The van der Waals surface area contributed by atoms with Gasteiger partial charge in [0.2, 0.25) is 0 Å². The van der Waals surface area contributed by atoms with E-state index in [2.05, 4.69) is 35.9 Å². The molecule has 0 spiro atoms. The number of rotatable bonds is 8. The number of nitrogens with zero attached hydrogens (tertiary/aromatic N) is 2. The molecule has 2 heterocycles. The molecule has 1 N–H and O–H groups in total. The van der Waals surface area contributed by atoms with E-state index < -0.39 is 0 Å². The molecule has 0 amide bonds. The lowest BCUT2D eigenvalue weighted by Gasteiger charge is -2.33. The molecular formula is C17H35N3O. The molecule has 21 heavy (non-hydrogen) atoms. The van der Waals surface area contributed by atoms with Crippen LogP contribution in [0, 0.1) is 5.92 Å². The molecule has 2 saturated heterocycles. The fraction of sp³-hybridized carbons (Fsp3) is 1.00. The van der Waals surface area contributed by atoms with E-state index in [4.69, 9.17) is 4.74 Å². The van der Waals surface area contributed by atoms with Crippen molar-refractivity contribution in [3.8, 4) is 0 Å². The lowest BCUT2D eigenvalue weighted by Crippen LogP contribution is -2.47. The molecule has 2 rings (SSSR count). The van der Waals surface area contributed by atoms with Gasteiger partial charge in [0.05, 0.1) is 13.2 Å². The minimum atomic E-state index is 0.651. The molecule has 0 aromatic heterocycles. The maximum absolute atomic E-state index is 5.48. The third kappa shape index (κ3) is 5.20. The Morgan fingerprint density at radius 2 is 1.95 bits per heavy atom. The Morgan fingerprint density at radius 3 is 2.62 bits per heavy atom. The second-order valence-electron chi connectivity index (χ2n) is 6.80. The number of hydrogen-bond donors (Lipinski definition) is 1. The van der Waals surface area contributed by atoms with Crippen LogP contribution in [0.5, 0.6) is 0 Å². The van der Waals surface area contributed by atoms with E-state index in [9.17, 15) is 0 Å². The third-order valence-electron chi connectivity index (χ3n) is 5.25. The van der Waals surface area contributed by atoms with Crippen LogP contribution in [-0.2, 0) is 4.74 Å². The number of ether oxygens (including phenoxy) is 1. The van der Waals surface area contributed by atoms with Crippen molar-refractivity contribution in [2.45, 2.75) is 52.1 Å². The monoisotopic (exact) mass is 297 g/mol. The summed E-state index contributed by atoms with van der Waals surface area (Å²) in [5.74, 6) is 0.763. The first kappa shape index (κ1) is 17.2. The van der Waals surface area contributed by atoms with Gasteiger partial charge in [-0.25, -0.2) is 0 Å². The summed E-state index contributed by atoms with van der Waals surface area (Å²) in [6.07, 6.45) is 3.83. The Hall–Kier alpha value is -0.160. The number of nitrogens with one attached hydrogen (secondary N) is 1. The molecule has 2 aliphatic rings. The molecule has 4 nitrogen and oxygen atoms in total. The van der Waals surface area contributed by atoms with E-state index >= 15 is 0 Å². The predicted octanol–water partition coefficient (Wildman–Crippen LogP) is 1.81. The summed E-state index contributed by atoms with van der Waals surface area (Å²) in [5.41, 5.74) is 0.